The molecule has 0 aliphatic carbocycles. The van der Waals surface area contributed by atoms with Gasteiger partial charge in [0.05, 0.1) is 41.4 Å². The van der Waals surface area contributed by atoms with Gasteiger partial charge in [0, 0.05) is 37.8 Å². The van der Waals surface area contributed by atoms with Gasteiger partial charge in [-0.15, -0.1) is 0 Å². The molecule has 7 heterocycles. The van der Waals surface area contributed by atoms with E-state index in [4.69, 9.17) is 30.8 Å². The van der Waals surface area contributed by atoms with Crippen molar-refractivity contribution in [3.8, 4) is 23.0 Å². The van der Waals surface area contributed by atoms with Crippen LogP contribution in [0.2, 0.25) is 5.02 Å². The van der Waals surface area contributed by atoms with Crippen molar-refractivity contribution >= 4 is 22.6 Å². The van der Waals surface area contributed by atoms with Gasteiger partial charge in [0.25, 0.3) is 5.79 Å². The molecule has 8 rings (SSSR count). The number of halogens is 5. The fourth-order valence-corrected chi connectivity index (χ4v) is 6.62. The van der Waals surface area contributed by atoms with Gasteiger partial charge < -0.3 is 18.8 Å². The van der Waals surface area contributed by atoms with Gasteiger partial charge in [-0.2, -0.15) is 18.3 Å². The van der Waals surface area contributed by atoms with E-state index < -0.39 is 29.9 Å². The third kappa shape index (κ3) is 5.62. The number of H-pyrrole nitrogens is 1. The molecule has 4 aromatic heterocycles. The Morgan fingerprint density at radius 3 is 2.65 bits per heavy atom. The number of nitrogens with zero attached hydrogens (tertiary/aromatic N) is 7. The number of fused-ring (bicyclic) bond motifs is 2. The van der Waals surface area contributed by atoms with Gasteiger partial charge >= 0.3 is 6.18 Å². The quantitative estimate of drug-likeness (QED) is 0.205. The Morgan fingerprint density at radius 2 is 1.94 bits per heavy atom. The van der Waals surface area contributed by atoms with Crippen LogP contribution in [0.3, 0.4) is 0 Å². The number of aromatic nitrogens is 7. The first-order valence-electron chi connectivity index (χ1n) is 15.5. The number of benzene rings is 1. The summed E-state index contributed by atoms with van der Waals surface area (Å²) in [7, 11) is 0. The van der Waals surface area contributed by atoms with Gasteiger partial charge in [0.2, 0.25) is 5.82 Å². The number of aromatic amines is 1. The number of imidazole rings is 1. The average Bonchev–Trinajstić information content (AvgIpc) is 3.75. The summed E-state index contributed by atoms with van der Waals surface area (Å²) >= 11 is 6.02. The number of piperidine rings is 1. The lowest BCUT2D eigenvalue weighted by Gasteiger charge is -2.35. The van der Waals surface area contributed by atoms with Crippen LogP contribution in [-0.2, 0) is 29.8 Å². The molecule has 5 aromatic rings. The molecule has 0 saturated carbocycles. The number of likely N-dealkylation sites (tertiary alicyclic amines) is 1. The zero-order valence-corrected chi connectivity index (χ0v) is 26.3. The first kappa shape index (κ1) is 31.0. The predicted molar refractivity (Wildman–Crippen MR) is 164 cm³/mol. The maximum absolute atomic E-state index is 16.1. The second-order valence-corrected chi connectivity index (χ2v) is 12.8. The smallest absolute Gasteiger partial charge is 0.443 e. The molecule has 250 valence electrons. The van der Waals surface area contributed by atoms with Crippen LogP contribution in [0.25, 0.3) is 22.6 Å². The Morgan fingerprint density at radius 1 is 1.08 bits per heavy atom. The second kappa shape index (κ2) is 11.7. The number of para-hydroxylation sites is 1. The lowest BCUT2D eigenvalue weighted by molar-refractivity contribution is -0.144. The van der Waals surface area contributed by atoms with Crippen LogP contribution in [-0.4, -0.2) is 71.6 Å². The standard InChI is InChI=1S/C32H29ClF4N8O3/c1-31(26-6-5-17(33)12-39-26)47-25-4-2-3-20(28(25)48-31)19-7-9-44(15-21(19)34)16-27-40-22-11-23(29-41-30(43-42-29)32(35,36)37)38-13-24(22)45(27)14-18-8-10-46-18/h2-6,11-13,18-19,21H,7-10,14-16H2,1H3,(H,41,42,43)/t18-,19-,21+,31-/m0/s1. The predicted octanol–water partition coefficient (Wildman–Crippen LogP) is 6.04. The number of pyridine rings is 2. The van der Waals surface area contributed by atoms with Gasteiger partial charge in [-0.3, -0.25) is 20.0 Å². The zero-order chi connectivity index (χ0) is 33.2. The third-order valence-corrected chi connectivity index (χ3v) is 9.29. The summed E-state index contributed by atoms with van der Waals surface area (Å²) in [5.41, 5.74) is 2.66. The molecule has 48 heavy (non-hydrogen) atoms. The molecule has 16 heteroatoms. The fraction of sp³-hybridized carbons (Fsp3) is 0.406. The molecule has 0 spiro atoms. The maximum atomic E-state index is 16.1. The van der Waals surface area contributed by atoms with Crippen LogP contribution in [0.5, 0.6) is 11.5 Å². The molecule has 0 radical (unpaired) electrons. The van der Waals surface area contributed by atoms with Crippen molar-refractivity contribution < 1.29 is 31.8 Å². The van der Waals surface area contributed by atoms with E-state index in [-0.39, 0.29) is 24.2 Å². The van der Waals surface area contributed by atoms with E-state index in [1.807, 2.05) is 26.7 Å². The van der Waals surface area contributed by atoms with E-state index in [0.717, 1.165) is 12.0 Å². The van der Waals surface area contributed by atoms with Crippen LogP contribution in [0.1, 0.15) is 48.6 Å². The van der Waals surface area contributed by atoms with E-state index in [2.05, 4.69) is 20.1 Å². The van der Waals surface area contributed by atoms with E-state index in [1.165, 1.54) is 6.20 Å². The highest BCUT2D eigenvalue weighted by molar-refractivity contribution is 6.30. The Hall–Kier alpha value is -4.34. The number of nitrogens with one attached hydrogen (secondary N) is 1. The highest BCUT2D eigenvalue weighted by atomic mass is 35.5. The molecule has 2 fully saturated rings. The van der Waals surface area contributed by atoms with Gasteiger partial charge in [-0.1, -0.05) is 23.7 Å². The van der Waals surface area contributed by atoms with Crippen LogP contribution < -0.4 is 9.47 Å². The number of rotatable bonds is 7. The third-order valence-electron chi connectivity index (χ3n) is 9.07. The van der Waals surface area contributed by atoms with Crippen molar-refractivity contribution in [2.24, 2.45) is 0 Å². The minimum Gasteiger partial charge on any atom is -0.443 e. The van der Waals surface area contributed by atoms with Gasteiger partial charge in [-0.25, -0.2) is 14.4 Å². The van der Waals surface area contributed by atoms with E-state index in [9.17, 15) is 13.2 Å². The van der Waals surface area contributed by atoms with Gasteiger partial charge in [0.1, 0.15) is 23.4 Å². The Labute approximate surface area is 276 Å². The van der Waals surface area contributed by atoms with Crippen molar-refractivity contribution in [2.45, 2.75) is 63.0 Å². The van der Waals surface area contributed by atoms with Crippen molar-refractivity contribution in [1.82, 2.24) is 39.6 Å². The normalized spacial score (nSPS) is 24.2. The summed E-state index contributed by atoms with van der Waals surface area (Å²) in [6.07, 6.45) is -1.37. The highest BCUT2D eigenvalue weighted by Gasteiger charge is 2.44. The molecule has 3 aliphatic heterocycles. The first-order chi connectivity index (χ1) is 23.0. The largest absolute Gasteiger partial charge is 0.451 e. The molecule has 2 saturated heterocycles. The van der Waals surface area contributed by atoms with E-state index in [1.54, 1.807) is 37.4 Å². The number of hydrogen-bond donors (Lipinski definition) is 1. The van der Waals surface area contributed by atoms with E-state index in [0.29, 0.717) is 71.7 Å². The molecule has 0 amide bonds. The molecular formula is C32H29ClF4N8O3. The summed E-state index contributed by atoms with van der Waals surface area (Å²) in [6.45, 7) is 4.08. The molecule has 1 aromatic carbocycles. The molecular weight excluding hydrogens is 656 g/mol. The fourth-order valence-electron chi connectivity index (χ4n) is 6.51. The monoisotopic (exact) mass is 684 g/mol. The van der Waals surface area contributed by atoms with Gasteiger partial charge in [0.15, 0.2) is 17.3 Å². The Bertz CT molecular complexity index is 1980. The summed E-state index contributed by atoms with van der Waals surface area (Å²) in [6, 6.07) is 10.5. The van der Waals surface area contributed by atoms with Crippen LogP contribution in [0.4, 0.5) is 17.6 Å². The minimum atomic E-state index is -4.66. The zero-order valence-electron chi connectivity index (χ0n) is 25.5. The lowest BCUT2D eigenvalue weighted by atomic mass is 9.87. The summed E-state index contributed by atoms with van der Waals surface area (Å²) in [5, 5.41) is 6.11. The molecule has 11 nitrogen and oxygen atoms in total. The van der Waals surface area contributed by atoms with Crippen LogP contribution >= 0.6 is 11.6 Å². The Balaban J connectivity index is 1.02. The molecule has 1 N–H and O–H groups in total. The van der Waals surface area contributed by atoms with Gasteiger partial charge in [-0.05, 0) is 43.7 Å². The second-order valence-electron chi connectivity index (χ2n) is 12.3. The SMILES string of the molecule is C[C@]1(c2ccc(Cl)cn2)Oc2cccc([C@@H]3CCN(Cc4nc5cc(-c6n[nH]c(C(F)(F)F)n6)ncc5n4C[C@@H]4CCO4)C[C@H]3F)c2O1. The lowest BCUT2D eigenvalue weighted by Crippen LogP contribution is -2.41. The van der Waals surface area contributed by atoms with Crippen molar-refractivity contribution in [2.75, 3.05) is 19.7 Å². The van der Waals surface area contributed by atoms with Crippen LogP contribution in [0, 0.1) is 0 Å². The number of ether oxygens (including phenoxy) is 3. The molecule has 3 aliphatic rings. The van der Waals surface area contributed by atoms with Crippen molar-refractivity contribution in [3.63, 3.8) is 0 Å². The van der Waals surface area contributed by atoms with Crippen molar-refractivity contribution in [1.29, 1.82) is 0 Å². The average molecular weight is 685 g/mol. The minimum absolute atomic E-state index is 0.000936. The summed E-state index contributed by atoms with van der Waals surface area (Å²) in [5.74, 6) is -1.27. The summed E-state index contributed by atoms with van der Waals surface area (Å²) < 4.78 is 75.6. The number of hydrogen-bond acceptors (Lipinski definition) is 9. The highest BCUT2D eigenvalue weighted by Crippen LogP contribution is 2.49. The summed E-state index contributed by atoms with van der Waals surface area (Å²) in [4.78, 5) is 19.1. The molecule has 4 atom stereocenters. The topological polar surface area (TPSA) is 116 Å². The Kier molecular flexibility index (Phi) is 7.53. The number of alkyl halides is 4. The molecule has 0 unspecified atom stereocenters. The van der Waals surface area contributed by atoms with E-state index >= 15 is 4.39 Å². The molecule has 0 bridgehead atoms. The van der Waals surface area contributed by atoms with Crippen molar-refractivity contribution in [3.05, 3.63) is 76.7 Å². The van der Waals surface area contributed by atoms with Crippen LogP contribution in [0.15, 0.2) is 48.8 Å². The first-order valence-corrected chi connectivity index (χ1v) is 15.9. The maximum Gasteiger partial charge on any atom is 0.451 e.